The van der Waals surface area contributed by atoms with Crippen LogP contribution in [0.1, 0.15) is 68.1 Å². The molecule has 1 aliphatic rings. The summed E-state index contributed by atoms with van der Waals surface area (Å²) in [6.45, 7) is 6.88. The van der Waals surface area contributed by atoms with E-state index in [1.54, 1.807) is 6.20 Å². The van der Waals surface area contributed by atoms with Crippen LogP contribution in [0.15, 0.2) is 12.3 Å². The van der Waals surface area contributed by atoms with Gasteiger partial charge in [0.25, 0.3) is 0 Å². The average molecular weight is 247 g/mol. The van der Waals surface area contributed by atoms with E-state index in [2.05, 4.69) is 25.8 Å². The Balaban J connectivity index is 2.27. The quantitative estimate of drug-likeness (QED) is 0.746. The standard InChI is InChI=1S/C15H21NO2/c1-4-6-7-14(17)13-8-12-11(9-16-13)10-18-15(12,3)5-2/h8-9H,4-7,10H2,1-3H3. The summed E-state index contributed by atoms with van der Waals surface area (Å²) >= 11 is 0. The Hall–Kier alpha value is -1.22. The number of hydrogen-bond acceptors (Lipinski definition) is 3. The molecule has 0 N–H and O–H groups in total. The minimum Gasteiger partial charge on any atom is -0.366 e. The monoisotopic (exact) mass is 247 g/mol. The van der Waals surface area contributed by atoms with Gasteiger partial charge < -0.3 is 4.74 Å². The van der Waals surface area contributed by atoms with E-state index in [9.17, 15) is 4.79 Å². The van der Waals surface area contributed by atoms with Gasteiger partial charge in [-0.2, -0.15) is 0 Å². The van der Waals surface area contributed by atoms with Gasteiger partial charge in [-0.15, -0.1) is 0 Å². The summed E-state index contributed by atoms with van der Waals surface area (Å²) < 4.78 is 5.82. The number of rotatable bonds is 5. The summed E-state index contributed by atoms with van der Waals surface area (Å²) in [6, 6.07) is 1.93. The molecule has 2 rings (SSSR count). The second-order valence-electron chi connectivity index (χ2n) is 5.13. The molecule has 0 fully saturated rings. The first-order valence-electron chi connectivity index (χ1n) is 6.77. The number of ketones is 1. The summed E-state index contributed by atoms with van der Waals surface area (Å²) in [7, 11) is 0. The Bertz CT molecular complexity index is 456. The van der Waals surface area contributed by atoms with Crippen LogP contribution in [0.4, 0.5) is 0 Å². The Labute approximate surface area is 109 Å². The van der Waals surface area contributed by atoms with Crippen LogP contribution in [0.5, 0.6) is 0 Å². The Morgan fingerprint density at radius 1 is 1.50 bits per heavy atom. The molecule has 1 atom stereocenters. The molecular formula is C15H21NO2. The molecule has 18 heavy (non-hydrogen) atoms. The molecular weight excluding hydrogens is 226 g/mol. The van der Waals surface area contributed by atoms with Crippen LogP contribution >= 0.6 is 0 Å². The van der Waals surface area contributed by atoms with Crippen molar-refractivity contribution in [1.29, 1.82) is 0 Å². The fourth-order valence-corrected chi connectivity index (χ4v) is 2.32. The van der Waals surface area contributed by atoms with Crippen molar-refractivity contribution in [2.24, 2.45) is 0 Å². The van der Waals surface area contributed by atoms with Crippen molar-refractivity contribution in [3.8, 4) is 0 Å². The zero-order valence-corrected chi connectivity index (χ0v) is 11.5. The molecule has 1 aromatic rings. The van der Waals surface area contributed by atoms with Gasteiger partial charge in [0, 0.05) is 18.2 Å². The van der Waals surface area contributed by atoms with E-state index < -0.39 is 0 Å². The van der Waals surface area contributed by atoms with E-state index >= 15 is 0 Å². The second-order valence-corrected chi connectivity index (χ2v) is 5.13. The van der Waals surface area contributed by atoms with Crippen molar-refractivity contribution in [2.45, 2.75) is 58.7 Å². The van der Waals surface area contributed by atoms with Crippen molar-refractivity contribution < 1.29 is 9.53 Å². The van der Waals surface area contributed by atoms with Gasteiger partial charge in [0.2, 0.25) is 0 Å². The SMILES string of the molecule is CCCCC(=O)c1cc2c(cn1)COC2(C)CC. The topological polar surface area (TPSA) is 39.2 Å². The number of nitrogens with zero attached hydrogens (tertiary/aromatic N) is 1. The highest BCUT2D eigenvalue weighted by atomic mass is 16.5. The molecule has 0 aliphatic carbocycles. The lowest BCUT2D eigenvalue weighted by atomic mass is 9.91. The molecule has 98 valence electrons. The maximum atomic E-state index is 12.0. The van der Waals surface area contributed by atoms with Crippen molar-refractivity contribution in [1.82, 2.24) is 4.98 Å². The highest BCUT2D eigenvalue weighted by Crippen LogP contribution is 2.38. The van der Waals surface area contributed by atoms with Crippen LogP contribution in [0.2, 0.25) is 0 Å². The molecule has 1 aromatic heterocycles. The number of pyridine rings is 1. The summed E-state index contributed by atoms with van der Waals surface area (Å²) in [6.07, 6.45) is 5.26. The summed E-state index contributed by atoms with van der Waals surface area (Å²) in [5, 5.41) is 0. The second kappa shape index (κ2) is 5.19. The lowest BCUT2D eigenvalue weighted by Gasteiger charge is -2.22. The van der Waals surface area contributed by atoms with Crippen LogP contribution in [-0.2, 0) is 16.9 Å². The molecule has 1 unspecified atom stereocenters. The number of unbranched alkanes of at least 4 members (excludes halogenated alkanes) is 1. The van der Waals surface area contributed by atoms with Crippen LogP contribution in [0, 0.1) is 0 Å². The first kappa shape index (κ1) is 13.2. The number of carbonyl (C=O) groups excluding carboxylic acids is 1. The largest absolute Gasteiger partial charge is 0.366 e. The minimum atomic E-state index is -0.252. The molecule has 1 aliphatic heterocycles. The molecule has 2 heterocycles. The third-order valence-corrected chi connectivity index (χ3v) is 3.82. The summed E-state index contributed by atoms with van der Waals surface area (Å²) in [5.41, 5.74) is 2.59. The van der Waals surface area contributed by atoms with Crippen molar-refractivity contribution >= 4 is 5.78 Å². The first-order chi connectivity index (χ1) is 8.60. The van der Waals surface area contributed by atoms with Gasteiger partial charge in [0.1, 0.15) is 5.69 Å². The summed E-state index contributed by atoms with van der Waals surface area (Å²) in [5.74, 6) is 0.144. The average Bonchev–Trinajstić information content (AvgIpc) is 2.74. The molecule has 0 amide bonds. The highest BCUT2D eigenvalue weighted by Gasteiger charge is 2.34. The molecule has 0 saturated heterocycles. The zero-order valence-electron chi connectivity index (χ0n) is 11.5. The maximum absolute atomic E-state index is 12.0. The molecule has 0 radical (unpaired) electrons. The fourth-order valence-electron chi connectivity index (χ4n) is 2.32. The van der Waals surface area contributed by atoms with E-state index in [1.165, 1.54) is 0 Å². The molecule has 0 aromatic carbocycles. The number of hydrogen-bond donors (Lipinski definition) is 0. The van der Waals surface area contributed by atoms with Crippen LogP contribution in [0.25, 0.3) is 0 Å². The number of Topliss-reactive ketones (excluding diaryl/α,β-unsaturated/α-hetero) is 1. The molecule has 0 spiro atoms. The van der Waals surface area contributed by atoms with E-state index in [1.807, 2.05) is 6.07 Å². The van der Waals surface area contributed by atoms with E-state index in [-0.39, 0.29) is 11.4 Å². The lowest BCUT2D eigenvalue weighted by molar-refractivity contribution is -0.0259. The molecule has 3 nitrogen and oxygen atoms in total. The van der Waals surface area contributed by atoms with Gasteiger partial charge in [-0.05, 0) is 31.4 Å². The van der Waals surface area contributed by atoms with E-state index in [4.69, 9.17) is 4.74 Å². The number of ether oxygens (including phenoxy) is 1. The van der Waals surface area contributed by atoms with Gasteiger partial charge in [0.05, 0.1) is 12.2 Å². The van der Waals surface area contributed by atoms with Gasteiger partial charge >= 0.3 is 0 Å². The highest BCUT2D eigenvalue weighted by molar-refractivity contribution is 5.94. The Kier molecular flexibility index (Phi) is 3.81. The van der Waals surface area contributed by atoms with Gasteiger partial charge in [-0.25, -0.2) is 0 Å². The third kappa shape index (κ3) is 2.32. The predicted octanol–water partition coefficient (Wildman–Crippen LogP) is 3.61. The predicted molar refractivity (Wildman–Crippen MR) is 70.5 cm³/mol. The van der Waals surface area contributed by atoms with Gasteiger partial charge in [-0.1, -0.05) is 20.3 Å². The Morgan fingerprint density at radius 3 is 2.94 bits per heavy atom. The molecule has 3 heteroatoms. The zero-order chi connectivity index (χ0) is 13.2. The van der Waals surface area contributed by atoms with Crippen molar-refractivity contribution in [3.05, 3.63) is 29.1 Å². The number of carbonyl (C=O) groups is 1. The number of aromatic nitrogens is 1. The van der Waals surface area contributed by atoms with Crippen LogP contribution in [0.3, 0.4) is 0 Å². The molecule has 0 bridgehead atoms. The maximum Gasteiger partial charge on any atom is 0.181 e. The third-order valence-electron chi connectivity index (χ3n) is 3.82. The smallest absolute Gasteiger partial charge is 0.181 e. The van der Waals surface area contributed by atoms with Crippen LogP contribution in [-0.4, -0.2) is 10.8 Å². The van der Waals surface area contributed by atoms with Gasteiger partial charge in [0.15, 0.2) is 5.78 Å². The first-order valence-corrected chi connectivity index (χ1v) is 6.77. The van der Waals surface area contributed by atoms with Crippen molar-refractivity contribution in [2.75, 3.05) is 0 Å². The Morgan fingerprint density at radius 2 is 2.28 bits per heavy atom. The van der Waals surface area contributed by atoms with E-state index in [0.717, 1.165) is 30.4 Å². The minimum absolute atomic E-state index is 0.144. The molecule has 0 saturated carbocycles. The van der Waals surface area contributed by atoms with Crippen molar-refractivity contribution in [3.63, 3.8) is 0 Å². The summed E-state index contributed by atoms with van der Waals surface area (Å²) in [4.78, 5) is 16.3. The number of fused-ring (bicyclic) bond motifs is 1. The van der Waals surface area contributed by atoms with Crippen LogP contribution < -0.4 is 0 Å². The van der Waals surface area contributed by atoms with E-state index in [0.29, 0.717) is 18.7 Å². The lowest BCUT2D eigenvalue weighted by Crippen LogP contribution is -2.19. The fraction of sp³-hybridized carbons (Fsp3) is 0.600. The van der Waals surface area contributed by atoms with Gasteiger partial charge in [-0.3, -0.25) is 9.78 Å². The normalized spacial score (nSPS) is 21.9.